The van der Waals surface area contributed by atoms with Crippen molar-refractivity contribution in [2.45, 2.75) is 19.9 Å². The Labute approximate surface area is 138 Å². The molecule has 0 atom stereocenters. The fraction of sp³-hybridized carbons (Fsp3) is 0.353. The van der Waals surface area contributed by atoms with Gasteiger partial charge in [0.25, 0.3) is 5.56 Å². The molecular formula is C17H19N5O2. The summed E-state index contributed by atoms with van der Waals surface area (Å²) in [5.74, 6) is 0.721. The van der Waals surface area contributed by atoms with E-state index in [-0.39, 0.29) is 11.2 Å². The summed E-state index contributed by atoms with van der Waals surface area (Å²) < 4.78 is 4.51. The fourth-order valence-electron chi connectivity index (χ4n) is 3.31. The number of benzene rings is 1. The summed E-state index contributed by atoms with van der Waals surface area (Å²) in [4.78, 5) is 31.5. The van der Waals surface area contributed by atoms with E-state index in [4.69, 9.17) is 0 Å². The Morgan fingerprint density at radius 2 is 1.71 bits per heavy atom. The minimum Gasteiger partial charge on any atom is -0.312 e. The molecule has 124 valence electrons. The van der Waals surface area contributed by atoms with Gasteiger partial charge in [-0.2, -0.15) is 4.98 Å². The molecule has 0 saturated heterocycles. The van der Waals surface area contributed by atoms with Crippen molar-refractivity contribution >= 4 is 22.8 Å². The van der Waals surface area contributed by atoms with Crippen LogP contribution in [0.15, 0.2) is 33.9 Å². The van der Waals surface area contributed by atoms with Gasteiger partial charge in [-0.3, -0.25) is 13.9 Å². The fourth-order valence-corrected chi connectivity index (χ4v) is 3.31. The number of imidazole rings is 1. The molecule has 0 amide bonds. The summed E-state index contributed by atoms with van der Waals surface area (Å²) in [6.07, 6.45) is 0.915. The topological polar surface area (TPSA) is 65.1 Å². The van der Waals surface area contributed by atoms with E-state index in [2.05, 4.69) is 41.1 Å². The molecule has 0 unspecified atom stereocenters. The van der Waals surface area contributed by atoms with Crippen LogP contribution in [0.1, 0.15) is 12.0 Å². The smallest absolute Gasteiger partial charge is 0.312 e. The summed E-state index contributed by atoms with van der Waals surface area (Å²) in [5, 5.41) is 0. The van der Waals surface area contributed by atoms with Crippen LogP contribution in [0.3, 0.4) is 0 Å². The van der Waals surface area contributed by atoms with Crippen LogP contribution >= 0.6 is 0 Å². The highest BCUT2D eigenvalue weighted by molar-refractivity contribution is 5.77. The Kier molecular flexibility index (Phi) is 3.13. The zero-order valence-electron chi connectivity index (χ0n) is 14.0. The third-order valence-electron chi connectivity index (χ3n) is 4.68. The van der Waals surface area contributed by atoms with Crippen molar-refractivity contribution in [2.24, 2.45) is 14.1 Å². The first-order valence-electron chi connectivity index (χ1n) is 7.99. The van der Waals surface area contributed by atoms with Gasteiger partial charge in [-0.25, -0.2) is 4.79 Å². The number of hydrogen-bond donors (Lipinski definition) is 0. The molecule has 0 fully saturated rings. The van der Waals surface area contributed by atoms with Crippen molar-refractivity contribution in [1.29, 1.82) is 0 Å². The summed E-state index contributed by atoms with van der Waals surface area (Å²) in [7, 11) is 3.16. The lowest BCUT2D eigenvalue weighted by molar-refractivity contribution is 0.600. The molecule has 0 bridgehead atoms. The quantitative estimate of drug-likeness (QED) is 0.676. The van der Waals surface area contributed by atoms with Gasteiger partial charge in [0.1, 0.15) is 0 Å². The number of aromatic nitrogens is 4. The number of fused-ring (bicyclic) bond motifs is 3. The highest BCUT2D eigenvalue weighted by Crippen LogP contribution is 2.30. The molecule has 0 spiro atoms. The third kappa shape index (κ3) is 1.94. The van der Waals surface area contributed by atoms with Gasteiger partial charge in [-0.1, -0.05) is 17.7 Å². The molecule has 2 aromatic heterocycles. The molecule has 4 rings (SSSR count). The maximum atomic E-state index is 12.6. The number of nitrogens with zero attached hydrogens (tertiary/aromatic N) is 5. The van der Waals surface area contributed by atoms with E-state index in [1.165, 1.54) is 17.2 Å². The number of hydrogen-bond acceptors (Lipinski definition) is 4. The maximum Gasteiger partial charge on any atom is 0.332 e. The molecule has 0 radical (unpaired) electrons. The molecule has 0 N–H and O–H groups in total. The van der Waals surface area contributed by atoms with E-state index in [9.17, 15) is 9.59 Å². The van der Waals surface area contributed by atoms with Gasteiger partial charge < -0.3 is 9.47 Å². The van der Waals surface area contributed by atoms with Crippen LogP contribution in [0.4, 0.5) is 11.6 Å². The van der Waals surface area contributed by atoms with Crippen LogP contribution in [0.2, 0.25) is 0 Å². The van der Waals surface area contributed by atoms with Crippen LogP contribution in [0, 0.1) is 6.92 Å². The first kappa shape index (κ1) is 14.7. The normalized spacial score (nSPS) is 14.2. The lowest BCUT2D eigenvalue weighted by Crippen LogP contribution is -2.38. The second-order valence-electron chi connectivity index (χ2n) is 6.28. The van der Waals surface area contributed by atoms with Gasteiger partial charge in [0.05, 0.1) is 0 Å². The van der Waals surface area contributed by atoms with Crippen LogP contribution < -0.4 is 16.1 Å². The summed E-state index contributed by atoms with van der Waals surface area (Å²) >= 11 is 0. The van der Waals surface area contributed by atoms with E-state index in [1.54, 1.807) is 7.05 Å². The molecule has 1 aliphatic rings. The minimum atomic E-state index is -0.357. The van der Waals surface area contributed by atoms with Crippen molar-refractivity contribution < 1.29 is 0 Å². The second kappa shape index (κ2) is 5.09. The van der Waals surface area contributed by atoms with Crippen LogP contribution in [-0.4, -0.2) is 25.2 Å². The molecule has 3 heterocycles. The summed E-state index contributed by atoms with van der Waals surface area (Å²) in [5.41, 5.74) is 2.52. The van der Waals surface area contributed by atoms with Crippen LogP contribution in [0.25, 0.3) is 11.2 Å². The molecular weight excluding hydrogens is 306 g/mol. The SMILES string of the molecule is Cc1ccc(N2CCCn3c2nc2c3c(=O)n(C)c(=O)n2C)cc1. The van der Waals surface area contributed by atoms with Crippen molar-refractivity contribution in [2.75, 3.05) is 11.4 Å². The van der Waals surface area contributed by atoms with Gasteiger partial charge in [0.2, 0.25) is 5.95 Å². The first-order valence-corrected chi connectivity index (χ1v) is 7.99. The average molecular weight is 325 g/mol. The van der Waals surface area contributed by atoms with Gasteiger partial charge in [-0.15, -0.1) is 0 Å². The van der Waals surface area contributed by atoms with Crippen molar-refractivity contribution in [3.63, 3.8) is 0 Å². The zero-order valence-corrected chi connectivity index (χ0v) is 14.0. The Hall–Kier alpha value is -2.83. The highest BCUT2D eigenvalue weighted by atomic mass is 16.2. The predicted octanol–water partition coefficient (Wildman–Crippen LogP) is 1.28. The van der Waals surface area contributed by atoms with Crippen molar-refractivity contribution in [1.82, 2.24) is 18.7 Å². The standard InChI is InChI=1S/C17H19N5O2/c1-11-5-7-12(8-6-11)21-9-4-10-22-13-14(18-16(21)22)19(2)17(24)20(3)15(13)23/h5-8H,4,9-10H2,1-3H3. The Morgan fingerprint density at radius 3 is 2.42 bits per heavy atom. The number of rotatable bonds is 1. The zero-order chi connectivity index (χ0) is 17.0. The first-order chi connectivity index (χ1) is 11.5. The molecule has 1 aliphatic heterocycles. The van der Waals surface area contributed by atoms with E-state index >= 15 is 0 Å². The summed E-state index contributed by atoms with van der Waals surface area (Å²) in [6.45, 7) is 3.61. The summed E-state index contributed by atoms with van der Waals surface area (Å²) in [6, 6.07) is 8.24. The molecule has 0 aliphatic carbocycles. The van der Waals surface area contributed by atoms with Crippen LogP contribution in [0.5, 0.6) is 0 Å². The largest absolute Gasteiger partial charge is 0.332 e. The van der Waals surface area contributed by atoms with Crippen molar-refractivity contribution in [3.05, 3.63) is 50.7 Å². The molecule has 1 aromatic carbocycles. The molecule has 3 aromatic rings. The molecule has 0 saturated carbocycles. The lowest BCUT2D eigenvalue weighted by Gasteiger charge is -2.29. The molecule has 24 heavy (non-hydrogen) atoms. The van der Waals surface area contributed by atoms with E-state index in [0.29, 0.717) is 11.2 Å². The Bertz CT molecular complexity index is 1060. The number of anilines is 2. The van der Waals surface area contributed by atoms with E-state index < -0.39 is 0 Å². The predicted molar refractivity (Wildman–Crippen MR) is 93.0 cm³/mol. The molecule has 7 heteroatoms. The lowest BCUT2D eigenvalue weighted by atomic mass is 10.2. The van der Waals surface area contributed by atoms with Gasteiger partial charge in [0.15, 0.2) is 11.2 Å². The van der Waals surface area contributed by atoms with E-state index in [0.717, 1.165) is 35.7 Å². The van der Waals surface area contributed by atoms with E-state index in [1.807, 2.05) is 4.57 Å². The Balaban J connectivity index is 2.01. The third-order valence-corrected chi connectivity index (χ3v) is 4.68. The van der Waals surface area contributed by atoms with Crippen molar-refractivity contribution in [3.8, 4) is 0 Å². The number of aryl methyl sites for hydroxylation is 3. The van der Waals surface area contributed by atoms with Gasteiger partial charge in [0, 0.05) is 32.9 Å². The van der Waals surface area contributed by atoms with Gasteiger partial charge in [-0.05, 0) is 25.5 Å². The highest BCUT2D eigenvalue weighted by Gasteiger charge is 2.26. The van der Waals surface area contributed by atoms with Gasteiger partial charge >= 0.3 is 5.69 Å². The minimum absolute atomic E-state index is 0.294. The Morgan fingerprint density at radius 1 is 1.00 bits per heavy atom. The maximum absolute atomic E-state index is 12.6. The second-order valence-corrected chi connectivity index (χ2v) is 6.28. The molecule has 7 nitrogen and oxygen atoms in total. The average Bonchev–Trinajstić information content (AvgIpc) is 2.98. The van der Waals surface area contributed by atoms with Crippen LogP contribution in [-0.2, 0) is 20.6 Å². The monoisotopic (exact) mass is 325 g/mol.